The van der Waals surface area contributed by atoms with E-state index in [1.807, 2.05) is 52.9 Å². The van der Waals surface area contributed by atoms with Crippen molar-refractivity contribution >= 4 is 22.6 Å². The van der Waals surface area contributed by atoms with E-state index in [1.54, 1.807) is 4.68 Å². The maximum atomic E-state index is 12.8. The van der Waals surface area contributed by atoms with Crippen LogP contribution in [0, 0.1) is 27.7 Å². The van der Waals surface area contributed by atoms with Gasteiger partial charge in [-0.15, -0.1) is 0 Å². The van der Waals surface area contributed by atoms with Crippen LogP contribution in [-0.2, 0) is 7.05 Å². The molecule has 5 heteroatoms. The van der Waals surface area contributed by atoms with E-state index in [-0.39, 0.29) is 5.91 Å². The molecule has 0 aliphatic carbocycles. The van der Waals surface area contributed by atoms with Gasteiger partial charge in [0.05, 0.1) is 16.6 Å². The lowest BCUT2D eigenvalue weighted by Crippen LogP contribution is -2.13. The number of hydrogen-bond acceptors (Lipinski definition) is 3. The van der Waals surface area contributed by atoms with Crippen LogP contribution in [0.25, 0.3) is 11.0 Å². The van der Waals surface area contributed by atoms with Gasteiger partial charge in [0.1, 0.15) is 0 Å². The molecule has 118 valence electrons. The van der Waals surface area contributed by atoms with Crippen molar-refractivity contribution < 1.29 is 4.79 Å². The number of amides is 1. The van der Waals surface area contributed by atoms with E-state index < -0.39 is 0 Å². The van der Waals surface area contributed by atoms with Crippen LogP contribution in [0.4, 0.5) is 5.69 Å². The largest absolute Gasteiger partial charge is 0.322 e. The second-order valence-corrected chi connectivity index (χ2v) is 6.05. The molecule has 0 spiro atoms. The molecule has 0 radical (unpaired) electrons. The molecule has 0 bridgehead atoms. The van der Waals surface area contributed by atoms with Gasteiger partial charge in [0.25, 0.3) is 5.91 Å². The van der Waals surface area contributed by atoms with E-state index in [2.05, 4.69) is 21.5 Å². The zero-order valence-electron chi connectivity index (χ0n) is 14.1. The summed E-state index contributed by atoms with van der Waals surface area (Å²) >= 11 is 0. The van der Waals surface area contributed by atoms with Crippen molar-refractivity contribution in [3.8, 4) is 0 Å². The summed E-state index contributed by atoms with van der Waals surface area (Å²) in [5, 5.41) is 8.18. The van der Waals surface area contributed by atoms with E-state index in [1.165, 1.54) is 0 Å². The maximum Gasteiger partial charge on any atom is 0.256 e. The summed E-state index contributed by atoms with van der Waals surface area (Å²) < 4.78 is 1.71. The molecule has 0 atom stereocenters. The maximum absolute atomic E-state index is 12.8. The number of carbonyl (C=O) groups excluding carboxylic acids is 1. The van der Waals surface area contributed by atoms with Gasteiger partial charge in [-0.3, -0.25) is 9.48 Å². The number of hydrogen-bond donors (Lipinski definition) is 1. The van der Waals surface area contributed by atoms with Gasteiger partial charge in [0, 0.05) is 18.4 Å². The Balaban J connectivity index is 2.07. The van der Waals surface area contributed by atoms with Crippen LogP contribution in [0.1, 0.15) is 32.9 Å². The highest BCUT2D eigenvalue weighted by Crippen LogP contribution is 2.23. The summed E-state index contributed by atoms with van der Waals surface area (Å²) in [5.41, 5.74) is 5.98. The molecule has 3 aromatic rings. The van der Waals surface area contributed by atoms with Crippen LogP contribution in [0.15, 0.2) is 24.3 Å². The predicted octanol–water partition coefficient (Wildman–Crippen LogP) is 3.45. The molecule has 0 aliphatic rings. The zero-order chi connectivity index (χ0) is 16.7. The van der Waals surface area contributed by atoms with Gasteiger partial charge in [-0.05, 0) is 57.0 Å². The van der Waals surface area contributed by atoms with Crippen molar-refractivity contribution in [2.75, 3.05) is 5.32 Å². The average Bonchev–Trinajstić information content (AvgIpc) is 2.71. The number of rotatable bonds is 2. The molecule has 1 N–H and O–H groups in total. The number of aryl methyl sites for hydroxylation is 5. The first-order valence-electron chi connectivity index (χ1n) is 7.56. The summed E-state index contributed by atoms with van der Waals surface area (Å²) in [7, 11) is 1.84. The van der Waals surface area contributed by atoms with Crippen LogP contribution in [0.3, 0.4) is 0 Å². The van der Waals surface area contributed by atoms with Crippen molar-refractivity contribution in [2.45, 2.75) is 27.7 Å². The second-order valence-electron chi connectivity index (χ2n) is 6.05. The van der Waals surface area contributed by atoms with Crippen molar-refractivity contribution in [1.82, 2.24) is 14.8 Å². The Morgan fingerprint density at radius 3 is 2.35 bits per heavy atom. The summed E-state index contributed by atoms with van der Waals surface area (Å²) in [6.45, 7) is 7.81. The van der Waals surface area contributed by atoms with Crippen LogP contribution < -0.4 is 5.32 Å². The van der Waals surface area contributed by atoms with Gasteiger partial charge in [-0.25, -0.2) is 4.98 Å². The summed E-state index contributed by atoms with van der Waals surface area (Å²) in [6.07, 6.45) is 0. The fraction of sp³-hybridized carbons (Fsp3) is 0.278. The molecular weight excluding hydrogens is 288 g/mol. The van der Waals surface area contributed by atoms with Crippen LogP contribution in [0.5, 0.6) is 0 Å². The minimum absolute atomic E-state index is 0.137. The number of nitrogens with one attached hydrogen (secondary N) is 1. The molecule has 1 amide bonds. The minimum atomic E-state index is -0.137. The van der Waals surface area contributed by atoms with Gasteiger partial charge < -0.3 is 5.32 Å². The molecule has 0 fully saturated rings. The first kappa shape index (κ1) is 15.2. The van der Waals surface area contributed by atoms with E-state index in [0.717, 1.165) is 39.2 Å². The molecule has 1 aromatic carbocycles. The Hall–Kier alpha value is -2.69. The van der Waals surface area contributed by atoms with Crippen molar-refractivity contribution in [1.29, 1.82) is 0 Å². The SMILES string of the molecule is Cc1cc(C)cc(NC(=O)c2cc(C)nc3c2c(C)nn3C)c1. The van der Waals surface area contributed by atoms with Crippen LogP contribution in [-0.4, -0.2) is 20.7 Å². The Morgan fingerprint density at radius 1 is 1.04 bits per heavy atom. The third-order valence-electron chi connectivity index (χ3n) is 3.82. The average molecular weight is 308 g/mol. The van der Waals surface area contributed by atoms with Crippen LogP contribution >= 0.6 is 0 Å². The van der Waals surface area contributed by atoms with E-state index in [9.17, 15) is 4.79 Å². The lowest BCUT2D eigenvalue weighted by atomic mass is 10.1. The highest BCUT2D eigenvalue weighted by atomic mass is 16.1. The van der Waals surface area contributed by atoms with E-state index >= 15 is 0 Å². The second kappa shape index (κ2) is 5.50. The summed E-state index contributed by atoms with van der Waals surface area (Å²) in [4.78, 5) is 17.3. The van der Waals surface area contributed by atoms with Gasteiger partial charge in [-0.2, -0.15) is 5.10 Å². The number of carbonyl (C=O) groups is 1. The molecule has 2 heterocycles. The molecule has 0 saturated carbocycles. The third kappa shape index (κ3) is 2.82. The Bertz CT molecular complexity index is 904. The molecule has 5 nitrogen and oxygen atoms in total. The van der Waals surface area contributed by atoms with Crippen molar-refractivity contribution in [3.63, 3.8) is 0 Å². The highest BCUT2D eigenvalue weighted by molar-refractivity contribution is 6.12. The third-order valence-corrected chi connectivity index (χ3v) is 3.82. The van der Waals surface area contributed by atoms with E-state index in [4.69, 9.17) is 0 Å². The summed E-state index contributed by atoms with van der Waals surface area (Å²) in [6, 6.07) is 7.82. The number of benzene rings is 1. The molecule has 0 saturated heterocycles. The number of pyridine rings is 1. The standard InChI is InChI=1S/C18H20N4O/c1-10-6-11(2)8-14(7-10)20-18(23)15-9-12(3)19-17-16(15)13(4)21-22(17)5/h6-9H,1-5H3,(H,20,23). The molecule has 2 aromatic heterocycles. The minimum Gasteiger partial charge on any atom is -0.322 e. The predicted molar refractivity (Wildman–Crippen MR) is 91.9 cm³/mol. The number of anilines is 1. The lowest BCUT2D eigenvalue weighted by Gasteiger charge is -2.09. The van der Waals surface area contributed by atoms with Crippen molar-refractivity contribution in [3.05, 3.63) is 52.3 Å². The highest BCUT2D eigenvalue weighted by Gasteiger charge is 2.18. The van der Waals surface area contributed by atoms with Crippen molar-refractivity contribution in [2.24, 2.45) is 7.05 Å². The normalized spacial score (nSPS) is 11.0. The fourth-order valence-electron chi connectivity index (χ4n) is 2.99. The molecule has 0 unspecified atom stereocenters. The fourth-order valence-corrected chi connectivity index (χ4v) is 2.99. The Kier molecular flexibility index (Phi) is 3.64. The number of nitrogens with zero attached hydrogens (tertiary/aromatic N) is 3. The zero-order valence-corrected chi connectivity index (χ0v) is 14.1. The topological polar surface area (TPSA) is 59.8 Å². The van der Waals surface area contributed by atoms with Gasteiger partial charge in [0.15, 0.2) is 5.65 Å². The van der Waals surface area contributed by atoms with E-state index in [0.29, 0.717) is 5.56 Å². The smallest absolute Gasteiger partial charge is 0.256 e. The lowest BCUT2D eigenvalue weighted by molar-refractivity contribution is 0.102. The van der Waals surface area contributed by atoms with Gasteiger partial charge >= 0.3 is 0 Å². The summed E-state index contributed by atoms with van der Waals surface area (Å²) in [5.74, 6) is -0.137. The Labute approximate surface area is 135 Å². The molecule has 23 heavy (non-hydrogen) atoms. The first-order valence-corrected chi connectivity index (χ1v) is 7.56. The van der Waals surface area contributed by atoms with Crippen LogP contribution in [0.2, 0.25) is 0 Å². The number of fused-ring (bicyclic) bond motifs is 1. The molecular formula is C18H20N4O. The Morgan fingerprint density at radius 2 is 1.70 bits per heavy atom. The first-order chi connectivity index (χ1) is 10.8. The van der Waals surface area contributed by atoms with Gasteiger partial charge in [0.2, 0.25) is 0 Å². The molecule has 3 rings (SSSR count). The number of aromatic nitrogens is 3. The molecule has 0 aliphatic heterocycles. The van der Waals surface area contributed by atoms with Gasteiger partial charge in [-0.1, -0.05) is 6.07 Å². The monoisotopic (exact) mass is 308 g/mol. The quantitative estimate of drug-likeness (QED) is 0.788.